The van der Waals surface area contributed by atoms with Crippen molar-refractivity contribution in [2.45, 2.75) is 38.3 Å². The Morgan fingerprint density at radius 3 is 2.69 bits per heavy atom. The van der Waals surface area contributed by atoms with Crippen LogP contribution in [0.3, 0.4) is 0 Å². The normalized spacial score (nSPS) is 18.5. The first-order valence-electron chi connectivity index (χ1n) is 11.0. The fraction of sp³-hybridized carbons (Fsp3) is 0.417. The molecule has 0 spiro atoms. The van der Waals surface area contributed by atoms with E-state index < -0.39 is 0 Å². The molecule has 1 amide bonds. The van der Waals surface area contributed by atoms with Crippen molar-refractivity contribution in [3.05, 3.63) is 59.1 Å². The number of nitrogens with one attached hydrogen (secondary N) is 3. The van der Waals surface area contributed by atoms with Crippen molar-refractivity contribution in [1.82, 2.24) is 10.6 Å². The highest BCUT2D eigenvalue weighted by molar-refractivity contribution is 14.0. The monoisotopic (exact) mass is 567 g/mol. The van der Waals surface area contributed by atoms with E-state index in [1.54, 1.807) is 7.05 Å². The van der Waals surface area contributed by atoms with Gasteiger partial charge in [-0.25, -0.2) is 0 Å². The van der Waals surface area contributed by atoms with E-state index in [1.165, 1.54) is 0 Å². The third-order valence-electron chi connectivity index (χ3n) is 6.06. The lowest BCUT2D eigenvalue weighted by Crippen LogP contribution is -2.44. The van der Waals surface area contributed by atoms with Gasteiger partial charge in [-0.05, 0) is 55.2 Å². The summed E-state index contributed by atoms with van der Waals surface area (Å²) in [6.45, 7) is 2.53. The Hall–Kier alpha value is -2.00. The summed E-state index contributed by atoms with van der Waals surface area (Å²) < 4.78 is 0. The average Bonchev–Trinajstić information content (AvgIpc) is 3.18. The number of amides is 1. The molecule has 1 aliphatic heterocycles. The minimum atomic E-state index is 0. The fourth-order valence-electron chi connectivity index (χ4n) is 4.03. The predicted octanol–water partition coefficient (Wildman–Crippen LogP) is 4.64. The van der Waals surface area contributed by atoms with Gasteiger partial charge in [0.15, 0.2) is 5.96 Å². The number of halogens is 2. The van der Waals surface area contributed by atoms with Crippen LogP contribution in [0.25, 0.3) is 0 Å². The van der Waals surface area contributed by atoms with Crippen LogP contribution in [0.4, 0.5) is 11.4 Å². The number of hydrogen-bond acceptors (Lipinski definition) is 3. The molecule has 1 aliphatic carbocycles. The minimum absolute atomic E-state index is 0. The minimum Gasteiger partial charge on any atom is -0.369 e. The Balaban J connectivity index is 0.00000289. The molecule has 0 bridgehead atoms. The number of benzene rings is 2. The van der Waals surface area contributed by atoms with Crippen molar-refractivity contribution in [2.75, 3.05) is 30.4 Å². The number of aliphatic imine (C=N–C) groups is 1. The van der Waals surface area contributed by atoms with Gasteiger partial charge in [0, 0.05) is 55.0 Å². The number of guanidine groups is 1. The quantitative estimate of drug-likeness (QED) is 0.270. The van der Waals surface area contributed by atoms with Crippen LogP contribution >= 0.6 is 35.6 Å². The highest BCUT2D eigenvalue weighted by Crippen LogP contribution is 2.27. The van der Waals surface area contributed by atoms with Gasteiger partial charge in [0.25, 0.3) is 0 Å². The lowest BCUT2D eigenvalue weighted by molar-refractivity contribution is -0.122. The average molecular weight is 568 g/mol. The second-order valence-electron chi connectivity index (χ2n) is 8.30. The van der Waals surface area contributed by atoms with Crippen LogP contribution in [-0.4, -0.2) is 38.0 Å². The van der Waals surface area contributed by atoms with Crippen molar-refractivity contribution in [3.63, 3.8) is 0 Å². The van der Waals surface area contributed by atoms with Crippen LogP contribution in [-0.2, 0) is 11.3 Å². The summed E-state index contributed by atoms with van der Waals surface area (Å²) in [6, 6.07) is 16.3. The van der Waals surface area contributed by atoms with E-state index >= 15 is 0 Å². The van der Waals surface area contributed by atoms with Gasteiger partial charge in [-0.1, -0.05) is 36.2 Å². The maximum Gasteiger partial charge on any atom is 0.227 e. The van der Waals surface area contributed by atoms with Gasteiger partial charge in [0.1, 0.15) is 0 Å². The van der Waals surface area contributed by atoms with Gasteiger partial charge in [0.05, 0.1) is 0 Å². The zero-order chi connectivity index (χ0) is 21.6. The molecule has 0 aromatic heterocycles. The van der Waals surface area contributed by atoms with Crippen LogP contribution in [0.5, 0.6) is 0 Å². The smallest absolute Gasteiger partial charge is 0.227 e. The Bertz CT molecular complexity index is 949. The maximum atomic E-state index is 12.2. The van der Waals surface area contributed by atoms with Crippen molar-refractivity contribution in [2.24, 2.45) is 10.9 Å². The maximum absolute atomic E-state index is 12.2. The Morgan fingerprint density at radius 1 is 1.16 bits per heavy atom. The first-order valence-corrected chi connectivity index (χ1v) is 11.4. The Labute approximate surface area is 212 Å². The molecule has 4 rings (SSSR count). The van der Waals surface area contributed by atoms with Crippen LogP contribution in [0.2, 0.25) is 5.02 Å². The third-order valence-corrected chi connectivity index (χ3v) is 6.29. The summed E-state index contributed by atoms with van der Waals surface area (Å²) in [4.78, 5) is 18.9. The molecule has 6 nitrogen and oxygen atoms in total. The largest absolute Gasteiger partial charge is 0.369 e. The van der Waals surface area contributed by atoms with Crippen molar-refractivity contribution < 1.29 is 4.79 Å². The van der Waals surface area contributed by atoms with Gasteiger partial charge in [-0.2, -0.15) is 0 Å². The SMILES string of the molecule is CN=C(NCc1cccc(NC(=O)C2CCC2)c1)NC1CCN(c2cccc(Cl)c2)C1.I. The summed E-state index contributed by atoms with van der Waals surface area (Å²) in [7, 11) is 1.79. The summed E-state index contributed by atoms with van der Waals surface area (Å²) >= 11 is 6.14. The van der Waals surface area contributed by atoms with Crippen LogP contribution < -0.4 is 20.9 Å². The molecule has 1 saturated carbocycles. The van der Waals surface area contributed by atoms with E-state index in [0.717, 1.165) is 66.7 Å². The van der Waals surface area contributed by atoms with Crippen LogP contribution in [0.15, 0.2) is 53.5 Å². The lowest BCUT2D eigenvalue weighted by atomic mass is 9.85. The zero-order valence-electron chi connectivity index (χ0n) is 18.3. The molecular weight excluding hydrogens is 537 g/mol. The molecule has 1 heterocycles. The standard InChI is InChI=1S/C24H30ClN5O.HI/c1-26-24(29-21-11-12-30(16-21)22-10-4-8-19(25)14-22)27-15-17-5-2-9-20(13-17)28-23(31)18-6-3-7-18;/h2,4-5,8-10,13-14,18,21H,3,6-7,11-12,15-16H2,1H3,(H,28,31)(H2,26,27,29);1H. The molecule has 1 saturated heterocycles. The van der Waals surface area contributed by atoms with Gasteiger partial charge in [0.2, 0.25) is 5.91 Å². The molecule has 3 N–H and O–H groups in total. The van der Waals surface area contributed by atoms with E-state index in [1.807, 2.05) is 36.4 Å². The molecule has 2 aromatic rings. The van der Waals surface area contributed by atoms with E-state index in [2.05, 4.69) is 38.0 Å². The fourth-order valence-corrected chi connectivity index (χ4v) is 4.22. The number of anilines is 2. The van der Waals surface area contributed by atoms with Gasteiger partial charge in [-0.15, -0.1) is 24.0 Å². The summed E-state index contributed by atoms with van der Waals surface area (Å²) in [5.74, 6) is 1.10. The molecule has 1 unspecified atom stereocenters. The molecule has 172 valence electrons. The molecule has 2 fully saturated rings. The highest BCUT2D eigenvalue weighted by Gasteiger charge is 2.25. The van der Waals surface area contributed by atoms with Crippen LogP contribution in [0.1, 0.15) is 31.2 Å². The zero-order valence-corrected chi connectivity index (χ0v) is 21.4. The first kappa shape index (κ1) is 24.6. The number of carbonyl (C=O) groups excluding carboxylic acids is 1. The number of carbonyl (C=O) groups is 1. The van der Waals surface area contributed by atoms with Gasteiger partial charge in [-0.3, -0.25) is 9.79 Å². The molecule has 2 aromatic carbocycles. The Kier molecular flexibility index (Phi) is 9.04. The van der Waals surface area contributed by atoms with Gasteiger partial charge < -0.3 is 20.9 Å². The second-order valence-corrected chi connectivity index (χ2v) is 8.74. The van der Waals surface area contributed by atoms with E-state index in [0.29, 0.717) is 12.6 Å². The molecular formula is C24H31ClIN5O. The Morgan fingerprint density at radius 2 is 1.97 bits per heavy atom. The van der Waals surface area contributed by atoms with Gasteiger partial charge >= 0.3 is 0 Å². The third kappa shape index (κ3) is 6.51. The molecule has 32 heavy (non-hydrogen) atoms. The van der Waals surface area contributed by atoms with Crippen molar-refractivity contribution in [1.29, 1.82) is 0 Å². The van der Waals surface area contributed by atoms with Crippen LogP contribution in [0, 0.1) is 5.92 Å². The van der Waals surface area contributed by atoms with Crippen molar-refractivity contribution in [3.8, 4) is 0 Å². The lowest BCUT2D eigenvalue weighted by Gasteiger charge is -2.24. The molecule has 0 radical (unpaired) electrons. The summed E-state index contributed by atoms with van der Waals surface area (Å²) in [5.41, 5.74) is 3.11. The summed E-state index contributed by atoms with van der Waals surface area (Å²) in [5, 5.41) is 10.7. The second kappa shape index (κ2) is 11.7. The molecule has 1 atom stereocenters. The number of hydrogen-bond donors (Lipinski definition) is 3. The summed E-state index contributed by atoms with van der Waals surface area (Å²) in [6.07, 6.45) is 4.21. The highest BCUT2D eigenvalue weighted by atomic mass is 127. The van der Waals surface area contributed by atoms with E-state index in [4.69, 9.17) is 11.6 Å². The van der Waals surface area contributed by atoms with E-state index in [9.17, 15) is 4.79 Å². The van der Waals surface area contributed by atoms with Crippen molar-refractivity contribution >= 4 is 58.8 Å². The number of nitrogens with zero attached hydrogens (tertiary/aromatic N) is 2. The number of rotatable bonds is 6. The predicted molar refractivity (Wildman–Crippen MR) is 143 cm³/mol. The first-order chi connectivity index (χ1) is 15.1. The topological polar surface area (TPSA) is 68.8 Å². The molecule has 8 heteroatoms. The van der Waals surface area contributed by atoms with E-state index in [-0.39, 0.29) is 35.8 Å². The molecule has 2 aliphatic rings.